The molecular weight excluding hydrogens is 498 g/mol. The number of nitrogens with zero attached hydrogens (tertiary/aromatic N) is 3. The number of likely N-dealkylation sites (N-methyl/N-ethyl adjacent to an activating group) is 1. The lowest BCUT2D eigenvalue weighted by Gasteiger charge is -2.37. The Hall–Kier alpha value is -3.17. The first-order chi connectivity index (χ1) is 18.8. The van der Waals surface area contributed by atoms with Crippen LogP contribution in [0.1, 0.15) is 38.5 Å². The SMILES string of the molecule is C=CCN(C)C(=O)[C@@H]1[C@@H]2CCC3(O2)C(C(=O)N(CC=C)c2ccc(OC)cc2)N(CCCCCCO)C(=O)[C@H]13. The highest BCUT2D eigenvalue weighted by atomic mass is 16.5. The van der Waals surface area contributed by atoms with Gasteiger partial charge < -0.3 is 29.3 Å². The molecule has 1 aromatic carbocycles. The summed E-state index contributed by atoms with van der Waals surface area (Å²) in [7, 11) is 3.29. The number of amides is 3. The third-order valence-corrected chi connectivity index (χ3v) is 8.37. The average Bonchev–Trinajstić information content (AvgIpc) is 3.58. The number of hydrogen-bond acceptors (Lipinski definition) is 6. The van der Waals surface area contributed by atoms with Crippen molar-refractivity contribution in [1.82, 2.24) is 9.80 Å². The minimum absolute atomic E-state index is 0.130. The molecule has 1 N–H and O–H groups in total. The monoisotopic (exact) mass is 539 g/mol. The van der Waals surface area contributed by atoms with Gasteiger partial charge in [0.1, 0.15) is 17.4 Å². The summed E-state index contributed by atoms with van der Waals surface area (Å²) in [6.07, 6.45) is 7.16. The van der Waals surface area contributed by atoms with E-state index in [1.54, 1.807) is 53.1 Å². The molecule has 3 fully saturated rings. The number of aliphatic hydroxyl groups is 1. The van der Waals surface area contributed by atoms with Gasteiger partial charge in [-0.3, -0.25) is 14.4 Å². The molecule has 9 nitrogen and oxygen atoms in total. The largest absolute Gasteiger partial charge is 0.497 e. The Morgan fingerprint density at radius 1 is 1.13 bits per heavy atom. The summed E-state index contributed by atoms with van der Waals surface area (Å²) in [5.74, 6) is -1.22. The van der Waals surface area contributed by atoms with Gasteiger partial charge in [0.2, 0.25) is 11.8 Å². The Labute approximate surface area is 231 Å². The van der Waals surface area contributed by atoms with Crippen molar-refractivity contribution in [3.05, 3.63) is 49.6 Å². The highest BCUT2D eigenvalue weighted by molar-refractivity contribution is 6.05. The number of benzene rings is 1. The first-order valence-corrected chi connectivity index (χ1v) is 13.9. The Balaban J connectivity index is 1.70. The number of carbonyl (C=O) groups excluding carboxylic acids is 3. The smallest absolute Gasteiger partial charge is 0.253 e. The molecule has 39 heavy (non-hydrogen) atoms. The highest BCUT2D eigenvalue weighted by Gasteiger charge is 2.74. The zero-order valence-corrected chi connectivity index (χ0v) is 23.1. The summed E-state index contributed by atoms with van der Waals surface area (Å²) in [5.41, 5.74) is -0.382. The van der Waals surface area contributed by atoms with Gasteiger partial charge in [-0.05, 0) is 49.9 Å². The van der Waals surface area contributed by atoms with Crippen LogP contribution in [0.25, 0.3) is 0 Å². The summed E-state index contributed by atoms with van der Waals surface area (Å²) in [5, 5.41) is 9.14. The van der Waals surface area contributed by atoms with E-state index in [2.05, 4.69) is 13.2 Å². The molecule has 0 saturated carbocycles. The molecule has 3 saturated heterocycles. The van der Waals surface area contributed by atoms with E-state index in [-0.39, 0.29) is 30.9 Å². The van der Waals surface area contributed by atoms with E-state index in [1.807, 2.05) is 12.1 Å². The van der Waals surface area contributed by atoms with E-state index in [0.29, 0.717) is 50.2 Å². The number of methoxy groups -OCH3 is 1. The second-order valence-electron chi connectivity index (χ2n) is 10.7. The van der Waals surface area contributed by atoms with Gasteiger partial charge in [-0.1, -0.05) is 25.0 Å². The lowest BCUT2D eigenvalue weighted by molar-refractivity contribution is -0.144. The van der Waals surface area contributed by atoms with Gasteiger partial charge in [-0.15, -0.1) is 13.2 Å². The maximum atomic E-state index is 14.5. The van der Waals surface area contributed by atoms with Gasteiger partial charge in [-0.2, -0.15) is 0 Å². The second kappa shape index (κ2) is 12.3. The van der Waals surface area contributed by atoms with E-state index in [1.165, 1.54) is 0 Å². The maximum absolute atomic E-state index is 14.5. The van der Waals surface area contributed by atoms with E-state index in [9.17, 15) is 14.4 Å². The number of anilines is 1. The van der Waals surface area contributed by atoms with Crippen LogP contribution in [-0.2, 0) is 19.1 Å². The molecule has 3 aliphatic rings. The average molecular weight is 540 g/mol. The topological polar surface area (TPSA) is 99.6 Å². The lowest BCUT2D eigenvalue weighted by atomic mass is 9.70. The van der Waals surface area contributed by atoms with E-state index in [0.717, 1.165) is 12.8 Å². The van der Waals surface area contributed by atoms with Crippen molar-refractivity contribution in [3.8, 4) is 5.75 Å². The van der Waals surface area contributed by atoms with Crippen molar-refractivity contribution >= 4 is 23.4 Å². The van der Waals surface area contributed by atoms with Crippen LogP contribution in [0.3, 0.4) is 0 Å². The normalized spacial score (nSPS) is 26.8. The summed E-state index contributed by atoms with van der Waals surface area (Å²) in [6.45, 7) is 8.74. The number of ether oxygens (including phenoxy) is 2. The molecule has 212 valence electrons. The molecule has 1 spiro atoms. The molecule has 0 aliphatic carbocycles. The molecule has 3 amide bonds. The van der Waals surface area contributed by atoms with Crippen molar-refractivity contribution in [3.63, 3.8) is 0 Å². The number of likely N-dealkylation sites (tertiary alicyclic amines) is 1. The van der Waals surface area contributed by atoms with Crippen LogP contribution in [0.15, 0.2) is 49.6 Å². The van der Waals surface area contributed by atoms with Crippen LogP contribution in [0.2, 0.25) is 0 Å². The van der Waals surface area contributed by atoms with Gasteiger partial charge in [-0.25, -0.2) is 0 Å². The van der Waals surface area contributed by atoms with Crippen LogP contribution in [0.5, 0.6) is 5.75 Å². The minimum atomic E-state index is -1.05. The molecule has 0 aromatic heterocycles. The predicted molar refractivity (Wildman–Crippen MR) is 148 cm³/mol. The van der Waals surface area contributed by atoms with E-state index < -0.39 is 29.6 Å². The van der Waals surface area contributed by atoms with Gasteiger partial charge >= 0.3 is 0 Å². The summed E-state index contributed by atoms with van der Waals surface area (Å²) < 4.78 is 11.8. The van der Waals surface area contributed by atoms with Crippen LogP contribution in [-0.4, -0.2) is 90.8 Å². The number of rotatable bonds is 14. The quantitative estimate of drug-likeness (QED) is 0.288. The van der Waals surface area contributed by atoms with Gasteiger partial charge in [0.15, 0.2) is 0 Å². The van der Waals surface area contributed by atoms with Crippen molar-refractivity contribution in [2.75, 3.05) is 45.3 Å². The molecular formula is C30H41N3O6. The van der Waals surface area contributed by atoms with Crippen molar-refractivity contribution in [2.45, 2.75) is 56.3 Å². The fraction of sp³-hybridized carbons (Fsp3) is 0.567. The number of aliphatic hydroxyl groups excluding tert-OH is 1. The molecule has 2 bridgehead atoms. The Morgan fingerprint density at radius 2 is 1.82 bits per heavy atom. The Kier molecular flexibility index (Phi) is 9.12. The van der Waals surface area contributed by atoms with Crippen molar-refractivity contribution in [1.29, 1.82) is 0 Å². The van der Waals surface area contributed by atoms with E-state index >= 15 is 0 Å². The number of fused-ring (bicyclic) bond motifs is 1. The van der Waals surface area contributed by atoms with Crippen LogP contribution in [0, 0.1) is 11.8 Å². The molecule has 5 atom stereocenters. The van der Waals surface area contributed by atoms with Gasteiger partial charge in [0, 0.05) is 39.0 Å². The van der Waals surface area contributed by atoms with Crippen LogP contribution < -0.4 is 9.64 Å². The summed E-state index contributed by atoms with van der Waals surface area (Å²) in [4.78, 5) is 47.0. The summed E-state index contributed by atoms with van der Waals surface area (Å²) >= 11 is 0. The third-order valence-electron chi connectivity index (χ3n) is 8.37. The molecule has 3 aliphatic heterocycles. The number of carbonyl (C=O) groups is 3. The summed E-state index contributed by atoms with van der Waals surface area (Å²) in [6, 6.07) is 6.37. The molecule has 4 rings (SSSR count). The predicted octanol–water partition coefficient (Wildman–Crippen LogP) is 2.79. The first kappa shape index (κ1) is 28.8. The molecule has 2 unspecified atom stereocenters. The Bertz CT molecular complexity index is 1070. The molecule has 9 heteroatoms. The fourth-order valence-electron chi connectivity index (χ4n) is 6.60. The van der Waals surface area contributed by atoms with Crippen LogP contribution >= 0.6 is 0 Å². The standard InChI is InChI=1S/C30H41N3O6/c1-5-17-31(3)27(35)24-23-15-16-30(39-23)25(24)28(36)33(19-9-7-8-10-20-34)26(30)29(37)32(18-6-2)21-11-13-22(38-4)14-12-21/h5-6,11-14,23-26,34H,1-2,7-10,15-20H2,3-4H3/t23-,24+,25-,26?,30?/m0/s1. The zero-order chi connectivity index (χ0) is 28.2. The molecule has 3 heterocycles. The van der Waals surface area contributed by atoms with Crippen molar-refractivity contribution in [2.24, 2.45) is 11.8 Å². The number of hydrogen-bond donors (Lipinski definition) is 1. The van der Waals surface area contributed by atoms with Crippen molar-refractivity contribution < 1.29 is 29.0 Å². The second-order valence-corrected chi connectivity index (χ2v) is 10.7. The lowest BCUT2D eigenvalue weighted by Crippen LogP contribution is -2.56. The maximum Gasteiger partial charge on any atom is 0.253 e. The fourth-order valence-corrected chi connectivity index (χ4v) is 6.60. The van der Waals surface area contributed by atoms with Gasteiger partial charge in [0.25, 0.3) is 5.91 Å². The third kappa shape index (κ3) is 5.22. The Morgan fingerprint density at radius 3 is 2.46 bits per heavy atom. The number of unbranched alkanes of at least 4 members (excludes halogenated alkanes) is 3. The zero-order valence-electron chi connectivity index (χ0n) is 23.1. The minimum Gasteiger partial charge on any atom is -0.497 e. The molecule has 1 aromatic rings. The van der Waals surface area contributed by atoms with Crippen LogP contribution in [0.4, 0.5) is 5.69 Å². The van der Waals surface area contributed by atoms with Gasteiger partial charge in [0.05, 0.1) is 25.0 Å². The highest BCUT2D eigenvalue weighted by Crippen LogP contribution is 2.59. The molecule has 0 radical (unpaired) electrons. The first-order valence-electron chi connectivity index (χ1n) is 13.9. The van der Waals surface area contributed by atoms with E-state index in [4.69, 9.17) is 14.6 Å².